The molecule has 0 fully saturated rings. The average molecular weight is 455 g/mol. The highest BCUT2D eigenvalue weighted by Crippen LogP contribution is 2.36. The second-order valence-electron chi connectivity index (χ2n) is 6.68. The Morgan fingerprint density at radius 2 is 1.84 bits per heavy atom. The molecule has 166 valence electrons. The predicted octanol–water partition coefficient (Wildman–Crippen LogP) is 3.27. The van der Waals surface area contributed by atoms with Gasteiger partial charge in [0.25, 0.3) is 11.1 Å². The van der Waals surface area contributed by atoms with E-state index in [-0.39, 0.29) is 42.5 Å². The van der Waals surface area contributed by atoms with Crippen LogP contribution in [0.1, 0.15) is 18.9 Å². The molecule has 2 heterocycles. The molecule has 0 spiro atoms. The average Bonchev–Trinajstić information content (AvgIpc) is 3.30. The maximum atomic E-state index is 12.9. The second-order valence-corrected chi connectivity index (χ2v) is 7.61. The summed E-state index contributed by atoms with van der Waals surface area (Å²) in [5, 5.41) is 8.24. The van der Waals surface area contributed by atoms with Gasteiger partial charge in [0.05, 0.1) is 12.4 Å². The molecule has 9 nitrogen and oxygen atoms in total. The van der Waals surface area contributed by atoms with Crippen molar-refractivity contribution in [2.45, 2.75) is 18.3 Å². The third-order valence-corrected chi connectivity index (χ3v) is 5.29. The number of para-hydroxylation sites is 3. The summed E-state index contributed by atoms with van der Waals surface area (Å²) in [6.45, 7) is 2.02. The van der Waals surface area contributed by atoms with Crippen LogP contribution in [-0.2, 0) is 14.3 Å². The summed E-state index contributed by atoms with van der Waals surface area (Å²) in [6, 6.07) is 16.3. The summed E-state index contributed by atoms with van der Waals surface area (Å²) >= 11 is 1.08. The van der Waals surface area contributed by atoms with Crippen molar-refractivity contribution in [1.82, 2.24) is 10.2 Å². The fourth-order valence-electron chi connectivity index (χ4n) is 3.02. The lowest BCUT2D eigenvalue weighted by molar-refractivity contribution is -0.142. The fraction of sp³-hybridized carbons (Fsp3) is 0.273. The largest absolute Gasteiger partial charge is 0.485 e. The lowest BCUT2D eigenvalue weighted by Crippen LogP contribution is -2.37. The van der Waals surface area contributed by atoms with Crippen LogP contribution in [0.15, 0.2) is 64.2 Å². The van der Waals surface area contributed by atoms with Gasteiger partial charge in [-0.2, -0.15) is 0 Å². The number of anilines is 1. The van der Waals surface area contributed by atoms with Gasteiger partial charge in [-0.3, -0.25) is 9.59 Å². The SMILES string of the molecule is CCOC(=O)CN(C(=O)CSc1nnc(C2COc3ccccc3O2)o1)c1ccccc1. The first-order chi connectivity index (χ1) is 15.6. The van der Waals surface area contributed by atoms with E-state index in [9.17, 15) is 9.59 Å². The number of fused-ring (bicyclic) bond motifs is 1. The van der Waals surface area contributed by atoms with E-state index in [1.54, 1.807) is 37.3 Å². The number of thioether (sulfide) groups is 1. The summed E-state index contributed by atoms with van der Waals surface area (Å²) in [5.74, 6) is 0.751. The molecule has 1 aromatic heterocycles. The van der Waals surface area contributed by atoms with Crippen molar-refractivity contribution < 1.29 is 28.2 Å². The summed E-state index contributed by atoms with van der Waals surface area (Å²) in [7, 11) is 0. The Morgan fingerprint density at radius 3 is 2.62 bits per heavy atom. The molecule has 1 aliphatic rings. The minimum Gasteiger partial charge on any atom is -0.485 e. The number of aromatic nitrogens is 2. The first kappa shape index (κ1) is 21.7. The summed E-state index contributed by atoms with van der Waals surface area (Å²) in [5.41, 5.74) is 0.601. The van der Waals surface area contributed by atoms with Gasteiger partial charge < -0.3 is 23.5 Å². The van der Waals surface area contributed by atoms with E-state index >= 15 is 0 Å². The van der Waals surface area contributed by atoms with Gasteiger partial charge in [0.15, 0.2) is 11.5 Å². The van der Waals surface area contributed by atoms with Crippen LogP contribution in [0.2, 0.25) is 0 Å². The van der Waals surface area contributed by atoms with Gasteiger partial charge in [-0.05, 0) is 31.2 Å². The zero-order valence-corrected chi connectivity index (χ0v) is 18.1. The number of hydrogen-bond donors (Lipinski definition) is 0. The van der Waals surface area contributed by atoms with E-state index in [1.807, 2.05) is 24.3 Å². The van der Waals surface area contributed by atoms with Gasteiger partial charge in [-0.25, -0.2) is 0 Å². The van der Waals surface area contributed by atoms with Crippen LogP contribution in [0, 0.1) is 0 Å². The molecular weight excluding hydrogens is 434 g/mol. The molecule has 3 aromatic rings. The Balaban J connectivity index is 1.39. The molecule has 10 heteroatoms. The highest BCUT2D eigenvalue weighted by atomic mass is 32.2. The number of rotatable bonds is 8. The fourth-order valence-corrected chi connectivity index (χ4v) is 3.66. The molecule has 1 atom stereocenters. The molecule has 0 aliphatic carbocycles. The van der Waals surface area contributed by atoms with Crippen molar-refractivity contribution in [3.63, 3.8) is 0 Å². The van der Waals surface area contributed by atoms with E-state index in [2.05, 4.69) is 10.2 Å². The molecule has 1 unspecified atom stereocenters. The highest BCUT2D eigenvalue weighted by molar-refractivity contribution is 7.99. The van der Waals surface area contributed by atoms with Crippen molar-refractivity contribution >= 4 is 29.3 Å². The van der Waals surface area contributed by atoms with Gasteiger partial charge in [-0.1, -0.05) is 42.1 Å². The van der Waals surface area contributed by atoms with Crippen molar-refractivity contribution in [2.24, 2.45) is 0 Å². The lowest BCUT2D eigenvalue weighted by Gasteiger charge is -2.23. The number of benzene rings is 2. The zero-order chi connectivity index (χ0) is 22.3. The number of carbonyl (C=O) groups is 2. The highest BCUT2D eigenvalue weighted by Gasteiger charge is 2.28. The third kappa shape index (κ3) is 5.20. The number of nitrogens with zero attached hydrogens (tertiary/aromatic N) is 3. The van der Waals surface area contributed by atoms with Crippen LogP contribution in [-0.4, -0.2) is 47.6 Å². The Kier molecular flexibility index (Phi) is 6.90. The molecule has 0 N–H and O–H groups in total. The van der Waals surface area contributed by atoms with Crippen molar-refractivity contribution in [3.8, 4) is 11.5 Å². The van der Waals surface area contributed by atoms with E-state index in [0.29, 0.717) is 17.2 Å². The van der Waals surface area contributed by atoms with E-state index in [4.69, 9.17) is 18.6 Å². The molecule has 32 heavy (non-hydrogen) atoms. The van der Waals surface area contributed by atoms with Crippen LogP contribution < -0.4 is 14.4 Å². The third-order valence-electron chi connectivity index (χ3n) is 4.49. The van der Waals surface area contributed by atoms with E-state index in [0.717, 1.165) is 11.8 Å². The number of ether oxygens (including phenoxy) is 3. The van der Waals surface area contributed by atoms with Crippen LogP contribution in [0.3, 0.4) is 0 Å². The van der Waals surface area contributed by atoms with Gasteiger partial charge in [0.2, 0.25) is 12.0 Å². The maximum Gasteiger partial charge on any atom is 0.326 e. The summed E-state index contributed by atoms with van der Waals surface area (Å²) < 4.78 is 22.2. The Hall–Kier alpha value is -3.53. The van der Waals surface area contributed by atoms with Crippen LogP contribution in [0.5, 0.6) is 11.5 Å². The van der Waals surface area contributed by atoms with Crippen LogP contribution >= 0.6 is 11.8 Å². The molecule has 0 bridgehead atoms. The van der Waals surface area contributed by atoms with E-state index in [1.165, 1.54) is 4.90 Å². The summed E-state index contributed by atoms with van der Waals surface area (Å²) in [6.07, 6.45) is -0.535. The normalized spacial score (nSPS) is 14.6. The van der Waals surface area contributed by atoms with Crippen LogP contribution in [0.25, 0.3) is 0 Å². The smallest absolute Gasteiger partial charge is 0.326 e. The minimum atomic E-state index is -0.535. The lowest BCUT2D eigenvalue weighted by atomic mass is 10.2. The summed E-state index contributed by atoms with van der Waals surface area (Å²) in [4.78, 5) is 26.2. The zero-order valence-electron chi connectivity index (χ0n) is 17.3. The molecule has 1 aliphatic heterocycles. The van der Waals surface area contributed by atoms with E-state index < -0.39 is 12.1 Å². The van der Waals surface area contributed by atoms with Crippen molar-refractivity contribution in [2.75, 3.05) is 30.4 Å². The number of amides is 1. The molecule has 0 saturated carbocycles. The maximum absolute atomic E-state index is 12.9. The van der Waals surface area contributed by atoms with Crippen LogP contribution in [0.4, 0.5) is 5.69 Å². The standard InChI is InChI=1S/C22H21N3O6S/c1-2-28-20(27)12-25(15-8-4-3-5-9-15)19(26)14-32-22-24-23-21(31-22)18-13-29-16-10-6-7-11-17(16)30-18/h3-11,18H,2,12-14H2,1H3. The number of hydrogen-bond acceptors (Lipinski definition) is 9. The topological polar surface area (TPSA) is 104 Å². The Labute approximate surface area is 188 Å². The monoisotopic (exact) mass is 455 g/mol. The second kappa shape index (κ2) is 10.2. The molecule has 0 saturated heterocycles. The quantitative estimate of drug-likeness (QED) is 0.374. The Bertz CT molecular complexity index is 1070. The number of carbonyl (C=O) groups excluding carboxylic acids is 2. The minimum absolute atomic E-state index is 0.000784. The molecule has 2 aromatic carbocycles. The first-order valence-corrected chi connectivity index (χ1v) is 11.0. The Morgan fingerprint density at radius 1 is 1.09 bits per heavy atom. The van der Waals surface area contributed by atoms with Crippen molar-refractivity contribution in [1.29, 1.82) is 0 Å². The van der Waals surface area contributed by atoms with Gasteiger partial charge in [0, 0.05) is 5.69 Å². The van der Waals surface area contributed by atoms with Gasteiger partial charge >= 0.3 is 5.97 Å². The predicted molar refractivity (Wildman–Crippen MR) is 116 cm³/mol. The van der Waals surface area contributed by atoms with Crippen molar-refractivity contribution in [3.05, 3.63) is 60.5 Å². The van der Waals surface area contributed by atoms with Gasteiger partial charge in [0.1, 0.15) is 13.2 Å². The molecule has 0 radical (unpaired) electrons. The molecule has 4 rings (SSSR count). The molecule has 1 amide bonds. The first-order valence-electron chi connectivity index (χ1n) is 9.99. The van der Waals surface area contributed by atoms with Gasteiger partial charge in [-0.15, -0.1) is 10.2 Å². The molecular formula is C22H21N3O6S. The number of esters is 1.